The second kappa shape index (κ2) is 6.55. The van der Waals surface area contributed by atoms with E-state index in [1.807, 2.05) is 0 Å². The lowest BCUT2D eigenvalue weighted by molar-refractivity contribution is 0.0375. The number of piperidine rings is 2. The lowest BCUT2D eigenvalue weighted by Crippen LogP contribution is -2.56. The summed E-state index contributed by atoms with van der Waals surface area (Å²) in [5, 5.41) is 3.76. The molecule has 3 aliphatic rings. The third-order valence-electron chi connectivity index (χ3n) is 5.63. The minimum Gasteiger partial charge on any atom is -0.312 e. The summed E-state index contributed by atoms with van der Waals surface area (Å²) in [5.41, 5.74) is 0. The van der Waals surface area contributed by atoms with Crippen molar-refractivity contribution < 1.29 is 0 Å². The number of nitrogens with one attached hydrogen (secondary N) is 1. The van der Waals surface area contributed by atoms with E-state index in [2.05, 4.69) is 22.0 Å². The van der Waals surface area contributed by atoms with Gasteiger partial charge in [-0.05, 0) is 71.2 Å². The molecule has 0 aliphatic carbocycles. The summed E-state index contributed by atoms with van der Waals surface area (Å²) in [7, 11) is 0. The monoisotopic (exact) mass is 265 g/mol. The minimum absolute atomic E-state index is 0.796. The Labute approximate surface area is 118 Å². The van der Waals surface area contributed by atoms with E-state index in [-0.39, 0.29) is 0 Å². The van der Waals surface area contributed by atoms with Gasteiger partial charge in [-0.3, -0.25) is 4.90 Å². The molecule has 0 aromatic rings. The third-order valence-corrected chi connectivity index (χ3v) is 5.63. The molecular weight excluding hydrogens is 234 g/mol. The van der Waals surface area contributed by atoms with E-state index >= 15 is 0 Å². The van der Waals surface area contributed by atoms with Gasteiger partial charge >= 0.3 is 0 Å². The maximum absolute atomic E-state index is 3.76. The number of nitrogens with zero attached hydrogens (tertiary/aromatic N) is 2. The van der Waals surface area contributed by atoms with Crippen molar-refractivity contribution in [1.82, 2.24) is 15.1 Å². The summed E-state index contributed by atoms with van der Waals surface area (Å²) in [6.07, 6.45) is 9.92. The first-order valence-corrected chi connectivity index (χ1v) is 8.60. The number of likely N-dealkylation sites (tertiary alicyclic amines) is 2. The second-order valence-corrected chi connectivity index (χ2v) is 6.67. The van der Waals surface area contributed by atoms with Gasteiger partial charge in [0.25, 0.3) is 0 Å². The topological polar surface area (TPSA) is 18.5 Å². The van der Waals surface area contributed by atoms with Gasteiger partial charge < -0.3 is 10.2 Å². The molecule has 3 saturated heterocycles. The molecule has 0 aromatic heterocycles. The third kappa shape index (κ3) is 3.14. The van der Waals surface area contributed by atoms with E-state index in [0.29, 0.717) is 0 Å². The fourth-order valence-electron chi connectivity index (χ4n) is 4.47. The molecule has 3 rings (SSSR count). The Morgan fingerprint density at radius 3 is 2.47 bits per heavy atom. The van der Waals surface area contributed by atoms with Crippen LogP contribution in [0.15, 0.2) is 0 Å². The Morgan fingerprint density at radius 1 is 0.947 bits per heavy atom. The van der Waals surface area contributed by atoms with E-state index in [0.717, 1.165) is 18.1 Å². The minimum atomic E-state index is 0.796. The van der Waals surface area contributed by atoms with Gasteiger partial charge in [-0.25, -0.2) is 0 Å². The molecule has 3 aliphatic heterocycles. The van der Waals surface area contributed by atoms with Gasteiger partial charge in [-0.15, -0.1) is 0 Å². The Kier molecular flexibility index (Phi) is 4.78. The van der Waals surface area contributed by atoms with Crippen LogP contribution in [0.3, 0.4) is 0 Å². The lowest BCUT2D eigenvalue weighted by atomic mass is 9.90. The molecule has 3 fully saturated rings. The van der Waals surface area contributed by atoms with E-state index in [9.17, 15) is 0 Å². The molecule has 2 atom stereocenters. The normalized spacial score (nSPS) is 35.8. The highest BCUT2D eigenvalue weighted by Crippen LogP contribution is 2.29. The smallest absolute Gasteiger partial charge is 0.0252 e. The SMILES string of the molecule is CCN1CCC(N2CCCCC2C2CCCN2)CC1. The van der Waals surface area contributed by atoms with Crippen molar-refractivity contribution in [2.45, 2.75) is 70.0 Å². The summed E-state index contributed by atoms with van der Waals surface area (Å²) < 4.78 is 0. The van der Waals surface area contributed by atoms with Crippen molar-refractivity contribution in [3.05, 3.63) is 0 Å². The highest BCUT2D eigenvalue weighted by molar-refractivity contribution is 4.94. The standard InChI is InChI=1S/C16H31N3/c1-2-18-12-8-14(9-13-18)19-11-4-3-7-16(19)15-6-5-10-17-15/h14-17H,2-13H2,1H3. The van der Waals surface area contributed by atoms with Crippen LogP contribution >= 0.6 is 0 Å². The highest BCUT2D eigenvalue weighted by Gasteiger charge is 2.36. The summed E-state index contributed by atoms with van der Waals surface area (Å²) in [4.78, 5) is 5.52. The maximum atomic E-state index is 3.76. The van der Waals surface area contributed by atoms with Crippen LogP contribution in [0.25, 0.3) is 0 Å². The van der Waals surface area contributed by atoms with E-state index in [4.69, 9.17) is 0 Å². The Bertz CT molecular complexity index is 267. The van der Waals surface area contributed by atoms with Crippen molar-refractivity contribution in [3.63, 3.8) is 0 Å². The van der Waals surface area contributed by atoms with Gasteiger partial charge in [0.1, 0.15) is 0 Å². The van der Waals surface area contributed by atoms with E-state index < -0.39 is 0 Å². The van der Waals surface area contributed by atoms with Crippen LogP contribution in [0, 0.1) is 0 Å². The summed E-state index contributed by atoms with van der Waals surface area (Å²) in [6, 6.07) is 2.51. The molecule has 0 saturated carbocycles. The van der Waals surface area contributed by atoms with Gasteiger partial charge in [-0.2, -0.15) is 0 Å². The molecule has 1 N–H and O–H groups in total. The van der Waals surface area contributed by atoms with Crippen molar-refractivity contribution in [3.8, 4) is 0 Å². The average Bonchev–Trinajstić information content (AvgIpc) is 3.01. The van der Waals surface area contributed by atoms with Crippen LogP contribution in [0.4, 0.5) is 0 Å². The molecule has 0 bridgehead atoms. The fourth-order valence-corrected chi connectivity index (χ4v) is 4.47. The van der Waals surface area contributed by atoms with Crippen molar-refractivity contribution in [1.29, 1.82) is 0 Å². The maximum Gasteiger partial charge on any atom is 0.0252 e. The second-order valence-electron chi connectivity index (χ2n) is 6.67. The first-order valence-electron chi connectivity index (χ1n) is 8.60. The first kappa shape index (κ1) is 13.8. The molecule has 3 heterocycles. The van der Waals surface area contributed by atoms with Gasteiger partial charge in [0.05, 0.1) is 0 Å². The average molecular weight is 265 g/mol. The van der Waals surface area contributed by atoms with Crippen LogP contribution in [0.5, 0.6) is 0 Å². The molecular formula is C16H31N3. The van der Waals surface area contributed by atoms with Gasteiger partial charge in [0, 0.05) is 18.1 Å². The van der Waals surface area contributed by atoms with Crippen molar-refractivity contribution in [2.24, 2.45) is 0 Å². The van der Waals surface area contributed by atoms with Crippen molar-refractivity contribution >= 4 is 0 Å². The van der Waals surface area contributed by atoms with Crippen LogP contribution in [-0.2, 0) is 0 Å². The predicted molar refractivity (Wildman–Crippen MR) is 80.5 cm³/mol. The first-order chi connectivity index (χ1) is 9.38. The zero-order valence-corrected chi connectivity index (χ0v) is 12.6. The van der Waals surface area contributed by atoms with E-state index in [1.165, 1.54) is 77.7 Å². The highest BCUT2D eigenvalue weighted by atomic mass is 15.2. The van der Waals surface area contributed by atoms with Gasteiger partial charge in [0.15, 0.2) is 0 Å². The Balaban J connectivity index is 1.60. The molecule has 3 nitrogen and oxygen atoms in total. The number of rotatable bonds is 3. The summed E-state index contributed by atoms with van der Waals surface area (Å²) in [6.45, 7) is 8.79. The zero-order valence-electron chi connectivity index (χ0n) is 12.6. The fraction of sp³-hybridized carbons (Fsp3) is 1.00. The van der Waals surface area contributed by atoms with Gasteiger partial charge in [-0.1, -0.05) is 13.3 Å². The van der Waals surface area contributed by atoms with E-state index in [1.54, 1.807) is 0 Å². The summed E-state index contributed by atoms with van der Waals surface area (Å²) in [5.74, 6) is 0. The Morgan fingerprint density at radius 2 is 1.79 bits per heavy atom. The van der Waals surface area contributed by atoms with Crippen molar-refractivity contribution in [2.75, 3.05) is 32.7 Å². The summed E-state index contributed by atoms with van der Waals surface area (Å²) >= 11 is 0. The van der Waals surface area contributed by atoms with Gasteiger partial charge in [0.2, 0.25) is 0 Å². The lowest BCUT2D eigenvalue weighted by Gasteiger charge is -2.46. The molecule has 0 aromatic carbocycles. The predicted octanol–water partition coefficient (Wildman–Crippen LogP) is 2.08. The molecule has 19 heavy (non-hydrogen) atoms. The molecule has 110 valence electrons. The molecule has 0 radical (unpaired) electrons. The number of hydrogen-bond donors (Lipinski definition) is 1. The largest absolute Gasteiger partial charge is 0.312 e. The molecule has 0 spiro atoms. The molecule has 0 amide bonds. The molecule has 3 heteroatoms. The van der Waals surface area contributed by atoms with Crippen LogP contribution in [-0.4, -0.2) is 60.6 Å². The van der Waals surface area contributed by atoms with Crippen LogP contribution in [0.1, 0.15) is 51.9 Å². The Hall–Kier alpha value is -0.120. The van der Waals surface area contributed by atoms with Crippen LogP contribution in [0.2, 0.25) is 0 Å². The van der Waals surface area contributed by atoms with Crippen LogP contribution < -0.4 is 5.32 Å². The quantitative estimate of drug-likeness (QED) is 0.843. The molecule has 2 unspecified atom stereocenters. The number of hydrogen-bond acceptors (Lipinski definition) is 3. The zero-order chi connectivity index (χ0) is 13.1.